The number of carbonyl (C=O) groups excluding carboxylic acids is 1. The van der Waals surface area contributed by atoms with Gasteiger partial charge in [-0.3, -0.25) is 9.10 Å². The molecule has 0 heterocycles. The minimum Gasteiger partial charge on any atom is -0.350 e. The van der Waals surface area contributed by atoms with Gasteiger partial charge in [-0.2, -0.15) is 0 Å². The minimum absolute atomic E-state index is 0.158. The number of benzene rings is 2. The van der Waals surface area contributed by atoms with Crippen molar-refractivity contribution in [2.75, 3.05) is 10.8 Å². The summed E-state index contributed by atoms with van der Waals surface area (Å²) in [4.78, 5) is 12.8. The first-order valence-corrected chi connectivity index (χ1v) is 11.0. The molecule has 2 aromatic carbocycles. The van der Waals surface area contributed by atoms with Crippen LogP contribution in [0.5, 0.6) is 0 Å². The molecule has 0 unspecified atom stereocenters. The molecular formula is C22H30N2O3S. The number of hydrogen-bond acceptors (Lipinski definition) is 3. The molecule has 5 nitrogen and oxygen atoms in total. The van der Waals surface area contributed by atoms with Gasteiger partial charge in [0.25, 0.3) is 10.0 Å². The second-order valence-corrected chi connectivity index (χ2v) is 9.72. The van der Waals surface area contributed by atoms with Gasteiger partial charge in [-0.25, -0.2) is 8.42 Å². The number of sulfonamides is 1. The van der Waals surface area contributed by atoms with Crippen LogP contribution < -0.4 is 9.62 Å². The summed E-state index contributed by atoms with van der Waals surface area (Å²) >= 11 is 0. The van der Waals surface area contributed by atoms with E-state index < -0.39 is 15.6 Å². The van der Waals surface area contributed by atoms with Crippen LogP contribution in [0.3, 0.4) is 0 Å². The molecule has 152 valence electrons. The Morgan fingerprint density at radius 2 is 1.61 bits per heavy atom. The van der Waals surface area contributed by atoms with Crippen LogP contribution in [0.1, 0.15) is 52.5 Å². The van der Waals surface area contributed by atoms with Gasteiger partial charge < -0.3 is 5.32 Å². The third kappa shape index (κ3) is 5.35. The van der Waals surface area contributed by atoms with E-state index in [9.17, 15) is 13.2 Å². The predicted octanol–water partition coefficient (Wildman–Crippen LogP) is 4.31. The molecule has 0 radical (unpaired) electrons. The Balaban J connectivity index is 2.42. The normalized spacial score (nSPS) is 12.1. The van der Waals surface area contributed by atoms with Crippen molar-refractivity contribution in [3.63, 3.8) is 0 Å². The zero-order valence-corrected chi connectivity index (χ0v) is 18.1. The van der Waals surface area contributed by atoms with Gasteiger partial charge in [0.1, 0.15) is 6.54 Å². The molecule has 0 aromatic heterocycles. The molecule has 0 spiro atoms. The van der Waals surface area contributed by atoms with Crippen molar-refractivity contribution in [2.45, 2.75) is 57.4 Å². The predicted molar refractivity (Wildman–Crippen MR) is 114 cm³/mol. The zero-order valence-electron chi connectivity index (χ0n) is 17.3. The van der Waals surface area contributed by atoms with Gasteiger partial charge in [0, 0.05) is 5.54 Å². The van der Waals surface area contributed by atoms with Crippen molar-refractivity contribution < 1.29 is 13.2 Å². The van der Waals surface area contributed by atoms with Crippen LogP contribution in [0.15, 0.2) is 59.5 Å². The highest BCUT2D eigenvalue weighted by Crippen LogP contribution is 2.26. The fourth-order valence-corrected chi connectivity index (χ4v) is 4.14. The zero-order chi connectivity index (χ0) is 20.9. The molecule has 28 heavy (non-hydrogen) atoms. The maximum absolute atomic E-state index is 13.3. The Hall–Kier alpha value is -2.34. The fraction of sp³-hybridized carbons (Fsp3) is 0.409. The molecular weight excluding hydrogens is 372 g/mol. The lowest BCUT2D eigenvalue weighted by Crippen LogP contribution is -2.48. The Morgan fingerprint density at radius 3 is 2.11 bits per heavy atom. The Labute approximate surface area is 168 Å². The minimum atomic E-state index is -3.87. The number of nitrogens with one attached hydrogen (secondary N) is 1. The van der Waals surface area contributed by atoms with Gasteiger partial charge >= 0.3 is 0 Å². The highest BCUT2D eigenvalue weighted by atomic mass is 32.2. The van der Waals surface area contributed by atoms with E-state index in [2.05, 4.69) is 19.2 Å². The van der Waals surface area contributed by atoms with Gasteiger partial charge in [0.2, 0.25) is 5.91 Å². The van der Waals surface area contributed by atoms with Crippen LogP contribution in [0.25, 0.3) is 0 Å². The fourth-order valence-electron chi connectivity index (χ4n) is 2.70. The average Bonchev–Trinajstić information content (AvgIpc) is 2.66. The van der Waals surface area contributed by atoms with Crippen LogP contribution in [0.2, 0.25) is 0 Å². The first kappa shape index (κ1) is 22.0. The molecule has 0 atom stereocenters. The standard InChI is InChI=1S/C22H30N2O3S/c1-6-22(4,5)23-21(25)16-24(19-14-12-18(13-15-19)17(2)3)28(26,27)20-10-8-7-9-11-20/h7-15,17H,6,16H2,1-5H3,(H,23,25). The van der Waals surface area contributed by atoms with Gasteiger partial charge in [-0.1, -0.05) is 51.1 Å². The number of rotatable bonds is 8. The summed E-state index contributed by atoms with van der Waals surface area (Å²) in [7, 11) is -3.87. The summed E-state index contributed by atoms with van der Waals surface area (Å²) in [5.41, 5.74) is 1.18. The lowest BCUT2D eigenvalue weighted by atomic mass is 10.0. The first-order chi connectivity index (χ1) is 13.1. The van der Waals surface area contributed by atoms with E-state index in [1.807, 2.05) is 32.9 Å². The maximum Gasteiger partial charge on any atom is 0.264 e. The lowest BCUT2D eigenvalue weighted by Gasteiger charge is -2.28. The number of nitrogens with zero attached hydrogens (tertiary/aromatic N) is 1. The molecule has 2 rings (SSSR count). The summed E-state index contributed by atoms with van der Waals surface area (Å²) in [5.74, 6) is 0.00109. The van der Waals surface area contributed by atoms with Crippen LogP contribution in [-0.4, -0.2) is 26.4 Å². The molecule has 0 aliphatic heterocycles. The van der Waals surface area contributed by atoms with Gasteiger partial charge in [-0.05, 0) is 56.0 Å². The summed E-state index contributed by atoms with van der Waals surface area (Å²) in [6.07, 6.45) is 0.743. The van der Waals surface area contributed by atoms with Crippen LogP contribution in [0.4, 0.5) is 5.69 Å². The summed E-state index contributed by atoms with van der Waals surface area (Å²) in [6, 6.07) is 15.5. The molecule has 0 aliphatic carbocycles. The number of carbonyl (C=O) groups is 1. The van der Waals surface area contributed by atoms with Crippen molar-refractivity contribution in [1.29, 1.82) is 0 Å². The molecule has 0 saturated carbocycles. The second kappa shape index (κ2) is 8.78. The van der Waals surface area contributed by atoms with Crippen LogP contribution in [0, 0.1) is 0 Å². The lowest BCUT2D eigenvalue weighted by molar-refractivity contribution is -0.121. The Bertz CT molecular complexity index is 889. The highest BCUT2D eigenvalue weighted by Gasteiger charge is 2.28. The highest BCUT2D eigenvalue weighted by molar-refractivity contribution is 7.92. The van der Waals surface area contributed by atoms with Gasteiger partial charge in [-0.15, -0.1) is 0 Å². The molecule has 1 amide bonds. The van der Waals surface area contributed by atoms with E-state index in [-0.39, 0.29) is 17.3 Å². The molecule has 2 aromatic rings. The van der Waals surface area contributed by atoms with Crippen molar-refractivity contribution in [2.24, 2.45) is 0 Å². The van der Waals surface area contributed by atoms with E-state index in [1.165, 1.54) is 4.31 Å². The molecule has 6 heteroatoms. The van der Waals surface area contributed by atoms with Gasteiger partial charge in [0.05, 0.1) is 10.6 Å². The Morgan fingerprint density at radius 1 is 1.04 bits per heavy atom. The summed E-state index contributed by atoms with van der Waals surface area (Å²) < 4.78 is 27.7. The summed E-state index contributed by atoms with van der Waals surface area (Å²) in [5, 5.41) is 2.91. The number of amides is 1. The van der Waals surface area contributed by atoms with Crippen molar-refractivity contribution in [3.05, 3.63) is 60.2 Å². The molecule has 0 bridgehead atoms. The van der Waals surface area contributed by atoms with E-state index in [1.54, 1.807) is 42.5 Å². The molecule has 0 saturated heterocycles. The first-order valence-electron chi connectivity index (χ1n) is 9.55. The van der Waals surface area contributed by atoms with Crippen molar-refractivity contribution in [1.82, 2.24) is 5.32 Å². The van der Waals surface area contributed by atoms with Crippen LogP contribution in [-0.2, 0) is 14.8 Å². The maximum atomic E-state index is 13.3. The van der Waals surface area contributed by atoms with Gasteiger partial charge in [0.15, 0.2) is 0 Å². The molecule has 0 fully saturated rings. The van der Waals surface area contributed by atoms with Crippen molar-refractivity contribution in [3.8, 4) is 0 Å². The number of anilines is 1. The average molecular weight is 403 g/mol. The van der Waals surface area contributed by atoms with E-state index in [4.69, 9.17) is 0 Å². The topological polar surface area (TPSA) is 66.5 Å². The SMILES string of the molecule is CCC(C)(C)NC(=O)CN(c1ccc(C(C)C)cc1)S(=O)(=O)c1ccccc1. The van der Waals surface area contributed by atoms with E-state index in [0.29, 0.717) is 11.6 Å². The molecule has 1 N–H and O–H groups in total. The smallest absolute Gasteiger partial charge is 0.264 e. The quantitative estimate of drug-likeness (QED) is 0.715. The summed E-state index contributed by atoms with van der Waals surface area (Å²) in [6.45, 7) is 9.68. The second-order valence-electron chi connectivity index (χ2n) is 7.86. The third-order valence-electron chi connectivity index (χ3n) is 4.83. The Kier molecular flexibility index (Phi) is 6.88. The monoisotopic (exact) mass is 402 g/mol. The molecule has 0 aliphatic rings. The third-order valence-corrected chi connectivity index (χ3v) is 6.62. The van der Waals surface area contributed by atoms with E-state index in [0.717, 1.165) is 12.0 Å². The largest absolute Gasteiger partial charge is 0.350 e. The van der Waals surface area contributed by atoms with Crippen molar-refractivity contribution >= 4 is 21.6 Å². The van der Waals surface area contributed by atoms with E-state index >= 15 is 0 Å². The number of hydrogen-bond donors (Lipinski definition) is 1. The van der Waals surface area contributed by atoms with Crippen LogP contribution >= 0.6 is 0 Å².